The molecule has 0 bridgehead atoms. The predicted molar refractivity (Wildman–Crippen MR) is 69.3 cm³/mol. The lowest BCUT2D eigenvalue weighted by Crippen LogP contribution is -2.59. The smallest absolute Gasteiger partial charge is 0.375 e. The highest BCUT2D eigenvalue weighted by molar-refractivity contribution is 5.33. The van der Waals surface area contributed by atoms with E-state index in [1.54, 1.807) is 6.07 Å². The van der Waals surface area contributed by atoms with Gasteiger partial charge in [-0.3, -0.25) is 0 Å². The molecule has 3 rings (SSSR count). The highest BCUT2D eigenvalue weighted by atomic mass is 19.4. The van der Waals surface area contributed by atoms with Gasteiger partial charge in [0.1, 0.15) is 0 Å². The lowest BCUT2D eigenvalue weighted by atomic mass is 9.73. The Hall–Kier alpha value is -1.07. The summed E-state index contributed by atoms with van der Waals surface area (Å²) >= 11 is 0. The van der Waals surface area contributed by atoms with E-state index in [4.69, 9.17) is 4.74 Å². The number of hydrogen-bond acceptors (Lipinski definition) is 2. The number of hydrogen-bond donors (Lipinski definition) is 1. The van der Waals surface area contributed by atoms with Gasteiger partial charge in [-0.25, -0.2) is 0 Å². The standard InChI is InChI=1S/C15H18F3NO/c16-15(17,18)12-5-3-4-11(10-12)14-7-2-1-6-13(14)20-9-8-19-14/h3-5,10,13,19H,1-2,6-9H2. The Morgan fingerprint density at radius 1 is 1.25 bits per heavy atom. The van der Waals surface area contributed by atoms with Crippen LogP contribution in [0.25, 0.3) is 0 Å². The van der Waals surface area contributed by atoms with Gasteiger partial charge in [-0.1, -0.05) is 25.0 Å². The number of halogens is 3. The molecule has 0 radical (unpaired) electrons. The Bertz CT molecular complexity index is 474. The van der Waals surface area contributed by atoms with E-state index < -0.39 is 17.3 Å². The van der Waals surface area contributed by atoms with Gasteiger partial charge in [0, 0.05) is 6.54 Å². The average Bonchev–Trinajstić information content (AvgIpc) is 2.46. The number of benzene rings is 1. The Balaban J connectivity index is 2.01. The molecule has 0 amide bonds. The SMILES string of the molecule is FC(F)(F)c1cccc(C23CCCCC2OCCN3)c1. The fraction of sp³-hybridized carbons (Fsp3) is 0.600. The molecule has 1 saturated carbocycles. The van der Waals surface area contributed by atoms with Crippen molar-refractivity contribution in [3.8, 4) is 0 Å². The Morgan fingerprint density at radius 2 is 2.10 bits per heavy atom. The first-order valence-corrected chi connectivity index (χ1v) is 7.07. The summed E-state index contributed by atoms with van der Waals surface area (Å²) in [4.78, 5) is 0. The summed E-state index contributed by atoms with van der Waals surface area (Å²) in [5.74, 6) is 0. The number of nitrogens with one attached hydrogen (secondary N) is 1. The Labute approximate surface area is 116 Å². The van der Waals surface area contributed by atoms with Crippen LogP contribution in [0, 0.1) is 0 Å². The maximum Gasteiger partial charge on any atom is 0.416 e. The van der Waals surface area contributed by atoms with Crippen molar-refractivity contribution >= 4 is 0 Å². The van der Waals surface area contributed by atoms with Gasteiger partial charge in [-0.15, -0.1) is 0 Å². The minimum absolute atomic E-state index is 0.0199. The van der Waals surface area contributed by atoms with Crippen molar-refractivity contribution in [2.24, 2.45) is 0 Å². The van der Waals surface area contributed by atoms with E-state index >= 15 is 0 Å². The molecule has 5 heteroatoms. The van der Waals surface area contributed by atoms with Gasteiger partial charge in [0.15, 0.2) is 0 Å². The third-order valence-corrected chi connectivity index (χ3v) is 4.40. The zero-order valence-electron chi connectivity index (χ0n) is 11.2. The molecule has 1 aliphatic carbocycles. The minimum Gasteiger partial charge on any atom is -0.375 e. The summed E-state index contributed by atoms with van der Waals surface area (Å²) in [7, 11) is 0. The molecule has 1 aromatic rings. The third kappa shape index (κ3) is 2.33. The molecule has 1 aromatic carbocycles. The van der Waals surface area contributed by atoms with Crippen molar-refractivity contribution < 1.29 is 17.9 Å². The van der Waals surface area contributed by atoms with E-state index in [1.165, 1.54) is 12.1 Å². The lowest BCUT2D eigenvalue weighted by Gasteiger charge is -2.48. The van der Waals surface area contributed by atoms with Crippen LogP contribution >= 0.6 is 0 Å². The van der Waals surface area contributed by atoms with Crippen LogP contribution < -0.4 is 5.32 Å². The number of ether oxygens (including phenoxy) is 1. The fourth-order valence-electron chi connectivity index (χ4n) is 3.45. The first-order chi connectivity index (χ1) is 9.52. The van der Waals surface area contributed by atoms with Crippen LogP contribution in [0.2, 0.25) is 0 Å². The topological polar surface area (TPSA) is 21.3 Å². The van der Waals surface area contributed by atoms with Crippen LogP contribution in [0.15, 0.2) is 24.3 Å². The van der Waals surface area contributed by atoms with E-state index in [0.717, 1.165) is 31.7 Å². The van der Waals surface area contributed by atoms with Crippen molar-refractivity contribution in [2.75, 3.05) is 13.2 Å². The summed E-state index contributed by atoms with van der Waals surface area (Å²) < 4.78 is 44.5. The van der Waals surface area contributed by atoms with Crippen LogP contribution in [-0.4, -0.2) is 19.3 Å². The summed E-state index contributed by atoms with van der Waals surface area (Å²) in [6, 6.07) is 5.69. The molecule has 2 fully saturated rings. The van der Waals surface area contributed by atoms with Crippen molar-refractivity contribution in [1.29, 1.82) is 0 Å². The van der Waals surface area contributed by atoms with Gasteiger partial charge in [0.2, 0.25) is 0 Å². The monoisotopic (exact) mass is 285 g/mol. The van der Waals surface area contributed by atoms with Gasteiger partial charge in [0.05, 0.1) is 23.8 Å². The molecule has 1 saturated heterocycles. The van der Waals surface area contributed by atoms with Crippen molar-refractivity contribution in [3.63, 3.8) is 0 Å². The summed E-state index contributed by atoms with van der Waals surface area (Å²) in [5, 5.41) is 3.44. The Kier molecular flexibility index (Phi) is 3.50. The zero-order valence-corrected chi connectivity index (χ0v) is 11.2. The highest BCUT2D eigenvalue weighted by Crippen LogP contribution is 2.42. The first kappa shape index (κ1) is 13.9. The molecule has 2 nitrogen and oxygen atoms in total. The molecular weight excluding hydrogens is 267 g/mol. The van der Waals surface area contributed by atoms with Crippen LogP contribution in [-0.2, 0) is 16.5 Å². The number of rotatable bonds is 1. The average molecular weight is 285 g/mol. The Morgan fingerprint density at radius 3 is 2.90 bits per heavy atom. The quantitative estimate of drug-likeness (QED) is 0.853. The van der Waals surface area contributed by atoms with Crippen molar-refractivity contribution in [2.45, 2.75) is 43.5 Å². The number of morpholine rings is 1. The first-order valence-electron chi connectivity index (χ1n) is 7.07. The molecule has 1 N–H and O–H groups in total. The summed E-state index contributed by atoms with van der Waals surface area (Å²) in [6.07, 6.45) is -0.487. The van der Waals surface area contributed by atoms with E-state index in [0.29, 0.717) is 18.7 Å². The van der Waals surface area contributed by atoms with Crippen LogP contribution in [0.1, 0.15) is 36.8 Å². The normalized spacial score (nSPS) is 30.9. The van der Waals surface area contributed by atoms with Crippen molar-refractivity contribution in [3.05, 3.63) is 35.4 Å². The summed E-state index contributed by atoms with van der Waals surface area (Å²) in [5.41, 5.74) is -0.324. The molecule has 20 heavy (non-hydrogen) atoms. The van der Waals surface area contributed by atoms with Gasteiger partial charge in [0.25, 0.3) is 0 Å². The second-order valence-corrected chi connectivity index (χ2v) is 5.58. The number of alkyl halides is 3. The van der Waals surface area contributed by atoms with E-state index in [-0.39, 0.29) is 6.10 Å². The zero-order chi connectivity index (χ0) is 14.2. The largest absolute Gasteiger partial charge is 0.416 e. The molecule has 110 valence electrons. The molecular formula is C15H18F3NO. The van der Waals surface area contributed by atoms with Gasteiger partial charge in [-0.2, -0.15) is 13.2 Å². The highest BCUT2D eigenvalue weighted by Gasteiger charge is 2.45. The maximum absolute atomic E-state index is 12.9. The third-order valence-electron chi connectivity index (χ3n) is 4.40. The fourth-order valence-corrected chi connectivity index (χ4v) is 3.45. The molecule has 1 heterocycles. The second-order valence-electron chi connectivity index (χ2n) is 5.58. The molecule has 0 aromatic heterocycles. The number of fused-ring (bicyclic) bond motifs is 1. The van der Waals surface area contributed by atoms with Crippen molar-refractivity contribution in [1.82, 2.24) is 5.32 Å². The van der Waals surface area contributed by atoms with Crippen LogP contribution in [0.5, 0.6) is 0 Å². The molecule has 1 aliphatic heterocycles. The van der Waals surface area contributed by atoms with Gasteiger partial charge < -0.3 is 10.1 Å². The van der Waals surface area contributed by atoms with E-state index in [2.05, 4.69) is 5.32 Å². The van der Waals surface area contributed by atoms with Gasteiger partial charge >= 0.3 is 6.18 Å². The van der Waals surface area contributed by atoms with Gasteiger partial charge in [-0.05, 0) is 30.5 Å². The predicted octanol–water partition coefficient (Wildman–Crippen LogP) is 3.46. The van der Waals surface area contributed by atoms with E-state index in [9.17, 15) is 13.2 Å². The maximum atomic E-state index is 12.9. The second kappa shape index (κ2) is 5.04. The van der Waals surface area contributed by atoms with Crippen LogP contribution in [0.4, 0.5) is 13.2 Å². The molecule has 2 unspecified atom stereocenters. The van der Waals surface area contributed by atoms with Crippen LogP contribution in [0.3, 0.4) is 0 Å². The molecule has 2 atom stereocenters. The molecule has 0 spiro atoms. The van der Waals surface area contributed by atoms with E-state index in [1.807, 2.05) is 0 Å². The molecule has 2 aliphatic rings. The lowest BCUT2D eigenvalue weighted by molar-refractivity contribution is -0.137. The summed E-state index contributed by atoms with van der Waals surface area (Å²) in [6.45, 7) is 1.32. The minimum atomic E-state index is -4.30.